The van der Waals surface area contributed by atoms with Crippen molar-refractivity contribution in [3.63, 3.8) is 0 Å². The minimum absolute atomic E-state index is 0.0103. The number of thiophene rings is 1. The summed E-state index contributed by atoms with van der Waals surface area (Å²) in [6.45, 7) is 0. The van der Waals surface area contributed by atoms with E-state index in [1.54, 1.807) is 11.3 Å². The van der Waals surface area contributed by atoms with Crippen LogP contribution in [-0.2, 0) is 0 Å². The highest BCUT2D eigenvalue weighted by atomic mass is 32.1. The van der Waals surface area contributed by atoms with Crippen LogP contribution in [0.1, 0.15) is 61.0 Å². The number of aromatic nitrogens is 2. The van der Waals surface area contributed by atoms with Crippen LogP contribution in [0.5, 0.6) is 5.88 Å². The zero-order valence-electron chi connectivity index (χ0n) is 13.7. The van der Waals surface area contributed by atoms with Crippen LogP contribution in [-0.4, -0.2) is 20.4 Å². The number of nitrogens with zero attached hydrogens (tertiary/aromatic N) is 2. The van der Waals surface area contributed by atoms with Gasteiger partial charge in [-0.25, -0.2) is 4.79 Å². The van der Waals surface area contributed by atoms with E-state index in [1.165, 1.54) is 4.57 Å². The molecule has 0 unspecified atom stereocenters. The van der Waals surface area contributed by atoms with Gasteiger partial charge in [0, 0.05) is 17.3 Å². The van der Waals surface area contributed by atoms with E-state index in [0.29, 0.717) is 12.1 Å². The van der Waals surface area contributed by atoms with Gasteiger partial charge in [0.1, 0.15) is 5.56 Å². The van der Waals surface area contributed by atoms with Gasteiger partial charge in [-0.05, 0) is 24.3 Å². The first-order chi connectivity index (χ1) is 12.1. The molecule has 132 valence electrons. The summed E-state index contributed by atoms with van der Waals surface area (Å²) < 4.78 is 1.34. The van der Waals surface area contributed by atoms with Crippen LogP contribution in [0.4, 0.5) is 0 Å². The van der Waals surface area contributed by atoms with Crippen molar-refractivity contribution in [2.45, 2.75) is 50.6 Å². The van der Waals surface area contributed by atoms with E-state index in [0.717, 1.165) is 37.0 Å². The standard InChI is InChI=1S/C17H20N4O3S/c22-15-14(12-9-11(19-20-12)13-7-4-8-25-13)16(23)21(17(24)18-15)10-5-2-1-3-6-10/h4,7-8,10-11,19,23H,1-3,5-6,9H2,(H,18,22,24)/t11-/m1/s1. The van der Waals surface area contributed by atoms with Gasteiger partial charge in [0.2, 0.25) is 5.88 Å². The molecule has 4 rings (SSSR count). The molecule has 0 bridgehead atoms. The van der Waals surface area contributed by atoms with Gasteiger partial charge in [0.05, 0.1) is 11.8 Å². The predicted molar refractivity (Wildman–Crippen MR) is 96.5 cm³/mol. The maximum absolute atomic E-state index is 12.3. The Morgan fingerprint density at radius 2 is 2.04 bits per heavy atom. The van der Waals surface area contributed by atoms with Crippen molar-refractivity contribution < 1.29 is 5.11 Å². The third-order valence-electron chi connectivity index (χ3n) is 4.99. The summed E-state index contributed by atoms with van der Waals surface area (Å²) in [7, 11) is 0. The Hall–Kier alpha value is -2.35. The summed E-state index contributed by atoms with van der Waals surface area (Å²) in [5, 5.41) is 17.0. The summed E-state index contributed by atoms with van der Waals surface area (Å²) in [4.78, 5) is 28.1. The van der Waals surface area contributed by atoms with E-state index in [-0.39, 0.29) is 23.5 Å². The fourth-order valence-electron chi connectivity index (χ4n) is 3.73. The summed E-state index contributed by atoms with van der Waals surface area (Å²) in [6.07, 6.45) is 5.35. The van der Waals surface area contributed by atoms with E-state index >= 15 is 0 Å². The Bertz CT molecular complexity index is 907. The molecule has 0 radical (unpaired) electrons. The molecular weight excluding hydrogens is 340 g/mol. The first kappa shape index (κ1) is 16.1. The van der Waals surface area contributed by atoms with E-state index in [9.17, 15) is 14.7 Å². The minimum atomic E-state index is -0.582. The maximum Gasteiger partial charge on any atom is 0.331 e. The lowest BCUT2D eigenvalue weighted by molar-refractivity contribution is 0.298. The lowest BCUT2D eigenvalue weighted by Crippen LogP contribution is -2.36. The van der Waals surface area contributed by atoms with Gasteiger partial charge < -0.3 is 10.5 Å². The van der Waals surface area contributed by atoms with E-state index in [2.05, 4.69) is 15.5 Å². The molecule has 1 saturated carbocycles. The highest BCUT2D eigenvalue weighted by Crippen LogP contribution is 2.32. The molecule has 2 aliphatic rings. The molecule has 1 aliphatic heterocycles. The normalized spacial score (nSPS) is 21.1. The Balaban J connectivity index is 1.70. The van der Waals surface area contributed by atoms with Crippen LogP contribution in [0.25, 0.3) is 0 Å². The zero-order chi connectivity index (χ0) is 17.4. The van der Waals surface area contributed by atoms with Crippen LogP contribution in [0.3, 0.4) is 0 Å². The Labute approximate surface area is 148 Å². The van der Waals surface area contributed by atoms with Gasteiger partial charge in [-0.3, -0.25) is 14.3 Å². The van der Waals surface area contributed by atoms with Crippen molar-refractivity contribution in [1.29, 1.82) is 0 Å². The highest BCUT2D eigenvalue weighted by Gasteiger charge is 2.29. The second-order valence-electron chi connectivity index (χ2n) is 6.58. The lowest BCUT2D eigenvalue weighted by Gasteiger charge is -2.25. The quantitative estimate of drug-likeness (QED) is 0.782. The molecule has 0 saturated heterocycles. The zero-order valence-corrected chi connectivity index (χ0v) is 14.5. The molecule has 0 amide bonds. The Morgan fingerprint density at radius 1 is 1.24 bits per heavy atom. The number of aromatic hydroxyl groups is 1. The Kier molecular flexibility index (Phi) is 4.20. The first-order valence-corrected chi connectivity index (χ1v) is 9.46. The number of aromatic amines is 1. The molecule has 3 heterocycles. The molecule has 3 N–H and O–H groups in total. The third kappa shape index (κ3) is 2.90. The molecule has 25 heavy (non-hydrogen) atoms. The van der Waals surface area contributed by atoms with Crippen LogP contribution < -0.4 is 16.7 Å². The summed E-state index contributed by atoms with van der Waals surface area (Å²) in [6, 6.07) is 3.89. The van der Waals surface area contributed by atoms with E-state index in [1.807, 2.05) is 17.5 Å². The van der Waals surface area contributed by atoms with Crippen molar-refractivity contribution >= 4 is 17.0 Å². The topological polar surface area (TPSA) is 99.5 Å². The molecule has 0 spiro atoms. The molecule has 1 atom stereocenters. The molecule has 0 aromatic carbocycles. The third-order valence-corrected chi connectivity index (χ3v) is 5.97. The molecule has 2 aromatic rings. The Morgan fingerprint density at radius 3 is 2.76 bits per heavy atom. The van der Waals surface area contributed by atoms with Crippen molar-refractivity contribution in [3.05, 3.63) is 48.8 Å². The molecule has 2 aromatic heterocycles. The second kappa shape index (κ2) is 6.51. The van der Waals surface area contributed by atoms with E-state index < -0.39 is 11.2 Å². The fraction of sp³-hybridized carbons (Fsp3) is 0.471. The first-order valence-electron chi connectivity index (χ1n) is 8.59. The van der Waals surface area contributed by atoms with Gasteiger partial charge in [0.25, 0.3) is 5.56 Å². The molecule has 1 aliphatic carbocycles. The van der Waals surface area contributed by atoms with Crippen LogP contribution in [0.2, 0.25) is 0 Å². The monoisotopic (exact) mass is 360 g/mol. The smallest absolute Gasteiger partial charge is 0.331 e. The van der Waals surface area contributed by atoms with Crippen molar-refractivity contribution in [1.82, 2.24) is 15.0 Å². The predicted octanol–water partition coefficient (Wildman–Crippen LogP) is 2.25. The van der Waals surface area contributed by atoms with Gasteiger partial charge in [-0.1, -0.05) is 25.3 Å². The van der Waals surface area contributed by atoms with Crippen LogP contribution >= 0.6 is 11.3 Å². The minimum Gasteiger partial charge on any atom is -0.494 e. The van der Waals surface area contributed by atoms with Gasteiger partial charge in [-0.2, -0.15) is 5.10 Å². The number of nitrogens with one attached hydrogen (secondary N) is 2. The summed E-state index contributed by atoms with van der Waals surface area (Å²) in [5.41, 5.74) is 2.49. The summed E-state index contributed by atoms with van der Waals surface area (Å²) >= 11 is 1.61. The number of hydrogen-bond acceptors (Lipinski definition) is 6. The SMILES string of the molecule is O=c1[nH]c(=O)n(C2CCCCC2)c(O)c1C1=NN[C@@H](c2cccs2)C1. The molecule has 1 fully saturated rings. The fourth-order valence-corrected chi connectivity index (χ4v) is 4.50. The van der Waals surface area contributed by atoms with Gasteiger partial charge in [-0.15, -0.1) is 11.3 Å². The summed E-state index contributed by atoms with van der Waals surface area (Å²) in [5.74, 6) is -0.256. The van der Waals surface area contributed by atoms with Gasteiger partial charge in [0.15, 0.2) is 0 Å². The average Bonchev–Trinajstić information content (AvgIpc) is 3.27. The highest BCUT2D eigenvalue weighted by molar-refractivity contribution is 7.10. The molecule has 7 nitrogen and oxygen atoms in total. The number of hydrogen-bond donors (Lipinski definition) is 3. The maximum atomic E-state index is 12.3. The second-order valence-corrected chi connectivity index (χ2v) is 7.56. The molecule has 8 heteroatoms. The van der Waals surface area contributed by atoms with Crippen molar-refractivity contribution in [3.8, 4) is 5.88 Å². The lowest BCUT2D eigenvalue weighted by atomic mass is 9.95. The number of rotatable bonds is 3. The van der Waals surface area contributed by atoms with Crippen LogP contribution in [0, 0.1) is 0 Å². The van der Waals surface area contributed by atoms with E-state index in [4.69, 9.17) is 0 Å². The van der Waals surface area contributed by atoms with Gasteiger partial charge >= 0.3 is 5.69 Å². The largest absolute Gasteiger partial charge is 0.494 e. The van der Waals surface area contributed by atoms with Crippen LogP contribution in [0.15, 0.2) is 32.2 Å². The molecular formula is C17H20N4O3S. The number of hydrazone groups is 1. The number of H-pyrrole nitrogens is 1. The van der Waals surface area contributed by atoms with Crippen molar-refractivity contribution in [2.24, 2.45) is 5.10 Å². The van der Waals surface area contributed by atoms with Crippen molar-refractivity contribution in [2.75, 3.05) is 0 Å². The average molecular weight is 360 g/mol.